The molecule has 0 bridgehead atoms. The summed E-state index contributed by atoms with van der Waals surface area (Å²) in [5, 5.41) is 1.90. The number of fused-ring (bicyclic) bond motifs is 1. The van der Waals surface area contributed by atoms with Crippen LogP contribution in [0.25, 0.3) is 10.9 Å². The van der Waals surface area contributed by atoms with Crippen molar-refractivity contribution in [3.63, 3.8) is 0 Å². The van der Waals surface area contributed by atoms with E-state index in [1.807, 2.05) is 37.3 Å². The maximum absolute atomic E-state index is 14.6. The SMILES string of the molecule is CCCCc1c(C(C)c2ccc(CC)cc2F)[nH]c2ccc(Cl)cc12. The van der Waals surface area contributed by atoms with E-state index in [0.29, 0.717) is 0 Å². The number of H-pyrrole nitrogens is 1. The summed E-state index contributed by atoms with van der Waals surface area (Å²) >= 11 is 6.22. The number of nitrogens with one attached hydrogen (secondary N) is 1. The molecule has 2 aromatic carbocycles. The highest BCUT2D eigenvalue weighted by Crippen LogP contribution is 2.35. The van der Waals surface area contributed by atoms with E-state index in [2.05, 4.69) is 18.8 Å². The van der Waals surface area contributed by atoms with Gasteiger partial charge in [0.15, 0.2) is 0 Å². The van der Waals surface area contributed by atoms with Gasteiger partial charge in [-0.15, -0.1) is 0 Å². The van der Waals surface area contributed by atoms with Crippen LogP contribution in [0.2, 0.25) is 5.02 Å². The molecule has 1 nitrogen and oxygen atoms in total. The molecule has 1 aromatic heterocycles. The van der Waals surface area contributed by atoms with E-state index in [0.717, 1.165) is 58.4 Å². The van der Waals surface area contributed by atoms with Crippen LogP contribution >= 0.6 is 11.6 Å². The average Bonchev–Trinajstić information content (AvgIpc) is 2.96. The molecule has 132 valence electrons. The molecule has 3 rings (SSSR count). The molecular weight excluding hydrogens is 333 g/mol. The fourth-order valence-electron chi connectivity index (χ4n) is 3.53. The first-order valence-electron chi connectivity index (χ1n) is 9.13. The Kier molecular flexibility index (Phi) is 5.48. The summed E-state index contributed by atoms with van der Waals surface area (Å²) in [6, 6.07) is 11.6. The molecule has 3 heteroatoms. The van der Waals surface area contributed by atoms with Crippen LogP contribution in [-0.4, -0.2) is 4.98 Å². The predicted octanol–water partition coefficient (Wildman–Crippen LogP) is 7.02. The Morgan fingerprint density at radius 2 is 1.92 bits per heavy atom. The number of halogens is 2. The van der Waals surface area contributed by atoms with Gasteiger partial charge in [0.05, 0.1) is 0 Å². The molecule has 0 saturated carbocycles. The van der Waals surface area contributed by atoms with Gasteiger partial charge in [0.1, 0.15) is 5.82 Å². The summed E-state index contributed by atoms with van der Waals surface area (Å²) in [5.41, 5.74) is 5.22. The van der Waals surface area contributed by atoms with Crippen LogP contribution in [0.15, 0.2) is 36.4 Å². The minimum absolute atomic E-state index is 0.0241. The normalized spacial score (nSPS) is 12.7. The summed E-state index contributed by atoms with van der Waals surface area (Å²) in [6.45, 7) is 6.31. The Morgan fingerprint density at radius 1 is 1.12 bits per heavy atom. The van der Waals surface area contributed by atoms with Crippen molar-refractivity contribution in [3.05, 3.63) is 69.6 Å². The molecule has 0 fully saturated rings. The first-order chi connectivity index (χ1) is 12.0. The van der Waals surface area contributed by atoms with E-state index < -0.39 is 0 Å². The molecule has 0 amide bonds. The van der Waals surface area contributed by atoms with Crippen LogP contribution in [0.4, 0.5) is 4.39 Å². The van der Waals surface area contributed by atoms with Crippen LogP contribution in [0.5, 0.6) is 0 Å². The molecule has 0 aliphatic carbocycles. The zero-order chi connectivity index (χ0) is 18.0. The van der Waals surface area contributed by atoms with Gasteiger partial charge in [0.25, 0.3) is 0 Å². The van der Waals surface area contributed by atoms with Crippen LogP contribution in [0.1, 0.15) is 61.9 Å². The smallest absolute Gasteiger partial charge is 0.127 e. The third-order valence-electron chi connectivity index (χ3n) is 5.05. The highest BCUT2D eigenvalue weighted by Gasteiger charge is 2.20. The lowest BCUT2D eigenvalue weighted by Gasteiger charge is -2.15. The molecule has 0 saturated heterocycles. The lowest BCUT2D eigenvalue weighted by Crippen LogP contribution is -2.04. The number of benzene rings is 2. The second-order valence-corrected chi connectivity index (χ2v) is 7.18. The van der Waals surface area contributed by atoms with E-state index in [1.54, 1.807) is 6.07 Å². The Labute approximate surface area is 154 Å². The summed E-state index contributed by atoms with van der Waals surface area (Å²) < 4.78 is 14.6. The van der Waals surface area contributed by atoms with Crippen molar-refractivity contribution < 1.29 is 4.39 Å². The summed E-state index contributed by atoms with van der Waals surface area (Å²) in [6.07, 6.45) is 4.06. The highest BCUT2D eigenvalue weighted by atomic mass is 35.5. The Balaban J connectivity index is 2.10. The van der Waals surface area contributed by atoms with E-state index in [-0.39, 0.29) is 11.7 Å². The zero-order valence-electron chi connectivity index (χ0n) is 15.1. The molecule has 0 radical (unpaired) electrons. The number of aromatic amines is 1. The third-order valence-corrected chi connectivity index (χ3v) is 5.29. The Morgan fingerprint density at radius 3 is 2.60 bits per heavy atom. The predicted molar refractivity (Wildman–Crippen MR) is 105 cm³/mol. The molecule has 0 aliphatic rings. The molecule has 1 unspecified atom stereocenters. The van der Waals surface area contributed by atoms with E-state index >= 15 is 0 Å². The third kappa shape index (κ3) is 3.59. The molecule has 1 N–H and O–H groups in total. The molecule has 0 aliphatic heterocycles. The lowest BCUT2D eigenvalue weighted by molar-refractivity contribution is 0.598. The van der Waals surface area contributed by atoms with Gasteiger partial charge < -0.3 is 4.98 Å². The molecule has 0 spiro atoms. The minimum Gasteiger partial charge on any atom is -0.358 e. The lowest BCUT2D eigenvalue weighted by atomic mass is 9.91. The average molecular weight is 358 g/mol. The summed E-state index contributed by atoms with van der Waals surface area (Å²) in [7, 11) is 0. The van der Waals surface area contributed by atoms with Gasteiger partial charge in [-0.25, -0.2) is 4.39 Å². The highest BCUT2D eigenvalue weighted by molar-refractivity contribution is 6.31. The molecule has 1 heterocycles. The topological polar surface area (TPSA) is 15.8 Å². The van der Waals surface area contributed by atoms with Crippen molar-refractivity contribution in [2.75, 3.05) is 0 Å². The van der Waals surface area contributed by atoms with Crippen molar-refractivity contribution in [1.29, 1.82) is 0 Å². The van der Waals surface area contributed by atoms with Gasteiger partial charge in [-0.1, -0.05) is 50.9 Å². The first-order valence-corrected chi connectivity index (χ1v) is 9.51. The van der Waals surface area contributed by atoms with Gasteiger partial charge in [0.2, 0.25) is 0 Å². The van der Waals surface area contributed by atoms with Gasteiger partial charge in [-0.2, -0.15) is 0 Å². The van der Waals surface area contributed by atoms with Crippen molar-refractivity contribution in [3.8, 4) is 0 Å². The fraction of sp³-hybridized carbons (Fsp3) is 0.364. The molecule has 25 heavy (non-hydrogen) atoms. The monoisotopic (exact) mass is 357 g/mol. The fourth-order valence-corrected chi connectivity index (χ4v) is 3.70. The van der Waals surface area contributed by atoms with Crippen LogP contribution in [0, 0.1) is 5.82 Å². The van der Waals surface area contributed by atoms with E-state index in [1.165, 1.54) is 5.56 Å². The summed E-state index contributed by atoms with van der Waals surface area (Å²) in [5.74, 6) is -0.145. The van der Waals surface area contributed by atoms with Crippen molar-refractivity contribution in [2.24, 2.45) is 0 Å². The van der Waals surface area contributed by atoms with Gasteiger partial charge in [-0.05, 0) is 60.2 Å². The Bertz CT molecular complexity index is 881. The van der Waals surface area contributed by atoms with E-state index in [4.69, 9.17) is 11.6 Å². The van der Waals surface area contributed by atoms with E-state index in [9.17, 15) is 4.39 Å². The maximum atomic E-state index is 14.6. The van der Waals surface area contributed by atoms with Gasteiger partial charge in [0, 0.05) is 27.5 Å². The van der Waals surface area contributed by atoms with Gasteiger partial charge >= 0.3 is 0 Å². The number of rotatable bonds is 6. The van der Waals surface area contributed by atoms with Crippen LogP contribution < -0.4 is 0 Å². The van der Waals surface area contributed by atoms with Crippen molar-refractivity contribution in [2.45, 2.75) is 52.4 Å². The summed E-state index contributed by atoms with van der Waals surface area (Å²) in [4.78, 5) is 3.53. The molecule has 3 aromatic rings. The minimum atomic E-state index is -0.120. The van der Waals surface area contributed by atoms with Gasteiger partial charge in [-0.3, -0.25) is 0 Å². The number of aromatic nitrogens is 1. The van der Waals surface area contributed by atoms with Crippen molar-refractivity contribution in [1.82, 2.24) is 4.98 Å². The number of hydrogen-bond donors (Lipinski definition) is 1. The zero-order valence-corrected chi connectivity index (χ0v) is 15.9. The second kappa shape index (κ2) is 7.61. The van der Waals surface area contributed by atoms with Crippen LogP contribution in [-0.2, 0) is 12.8 Å². The number of aryl methyl sites for hydroxylation is 2. The van der Waals surface area contributed by atoms with Crippen molar-refractivity contribution >= 4 is 22.5 Å². The standard InChI is InChI=1S/C22H25ClFN/c1-4-6-7-18-19-13-16(23)9-11-21(19)25-22(18)14(3)17-10-8-15(5-2)12-20(17)24/h8-14,25H,4-7H2,1-3H3. The second-order valence-electron chi connectivity index (χ2n) is 6.74. The van der Waals surface area contributed by atoms with Crippen LogP contribution in [0.3, 0.4) is 0 Å². The Hall–Kier alpha value is -1.80. The quantitative estimate of drug-likeness (QED) is 0.488. The number of unbranched alkanes of at least 4 members (excludes halogenated alkanes) is 1. The molecular formula is C22H25ClFN. The number of hydrogen-bond acceptors (Lipinski definition) is 0. The first kappa shape index (κ1) is 18.0. The maximum Gasteiger partial charge on any atom is 0.127 e. The molecule has 1 atom stereocenters. The largest absolute Gasteiger partial charge is 0.358 e.